The molecule has 1 aliphatic carbocycles. The molecular weight excluding hydrogens is 384 g/mol. The Bertz CT molecular complexity index is 1170. The molecule has 0 bridgehead atoms. The van der Waals surface area contributed by atoms with Crippen molar-refractivity contribution in [2.75, 3.05) is 13.1 Å². The zero-order valence-electron chi connectivity index (χ0n) is 17.0. The van der Waals surface area contributed by atoms with E-state index in [-0.39, 0.29) is 18.0 Å². The maximum atomic E-state index is 13.1. The smallest absolute Gasteiger partial charge is 0.271 e. The summed E-state index contributed by atoms with van der Waals surface area (Å²) in [5.74, 6) is 1.45. The van der Waals surface area contributed by atoms with Crippen molar-refractivity contribution in [1.29, 1.82) is 0 Å². The van der Waals surface area contributed by atoms with Gasteiger partial charge in [0.2, 0.25) is 5.91 Å². The fourth-order valence-electron chi connectivity index (χ4n) is 5.19. The molecule has 7 heteroatoms. The second kappa shape index (κ2) is 7.20. The van der Waals surface area contributed by atoms with Crippen molar-refractivity contribution in [3.8, 4) is 0 Å². The molecule has 5 rings (SSSR count). The number of carbonyl (C=O) groups excluding carboxylic acids is 1. The Morgan fingerprint density at radius 1 is 1.21 bits per heavy atom. The third-order valence-electron chi connectivity index (χ3n) is 6.69. The van der Waals surface area contributed by atoms with Gasteiger partial charge in [0.05, 0.1) is 11.8 Å². The highest BCUT2D eigenvalue weighted by molar-refractivity contribution is 7.25. The van der Waals surface area contributed by atoms with Crippen molar-refractivity contribution in [2.24, 2.45) is 11.8 Å². The third kappa shape index (κ3) is 3.25. The van der Waals surface area contributed by atoms with Crippen LogP contribution in [0.4, 0.5) is 0 Å². The highest BCUT2D eigenvalue weighted by Gasteiger charge is 2.33. The lowest BCUT2D eigenvalue weighted by Crippen LogP contribution is -2.46. The van der Waals surface area contributed by atoms with Crippen LogP contribution in [0, 0.1) is 25.7 Å². The molecule has 2 aliphatic rings. The number of nitrogens with zero attached hydrogens (tertiary/aromatic N) is 4. The van der Waals surface area contributed by atoms with Gasteiger partial charge in [-0.3, -0.25) is 14.2 Å². The van der Waals surface area contributed by atoms with Gasteiger partial charge in [0.1, 0.15) is 16.1 Å². The number of rotatable bonds is 2. The lowest BCUT2D eigenvalue weighted by atomic mass is 9.75. The standard InChI is InChI=1S/C22H26N4O2S/c1-13-9-14(2)24-21-18(13)19-20(29-21)22(28)26(12-23-19)11-17(27)25-8-7-15-5-3-4-6-16(15)10-25/h9,12,15-16H,3-8,10-11H2,1-2H3/t15-,16+/m0/s1. The van der Waals surface area contributed by atoms with Gasteiger partial charge in [-0.1, -0.05) is 19.3 Å². The summed E-state index contributed by atoms with van der Waals surface area (Å²) in [6.45, 7) is 5.71. The first kappa shape index (κ1) is 18.7. The van der Waals surface area contributed by atoms with Crippen LogP contribution in [0.5, 0.6) is 0 Å². The van der Waals surface area contributed by atoms with Crippen molar-refractivity contribution in [3.05, 3.63) is 34.0 Å². The molecule has 3 aromatic heterocycles. The predicted octanol–water partition coefficient (Wildman–Crippen LogP) is 3.66. The lowest BCUT2D eigenvalue weighted by molar-refractivity contribution is -0.135. The van der Waals surface area contributed by atoms with Gasteiger partial charge >= 0.3 is 0 Å². The molecule has 0 unspecified atom stereocenters. The summed E-state index contributed by atoms with van der Waals surface area (Å²) in [5.41, 5.74) is 2.57. The van der Waals surface area contributed by atoms with E-state index in [0.717, 1.165) is 46.9 Å². The normalized spacial score (nSPS) is 22.2. The molecule has 6 nitrogen and oxygen atoms in total. The number of amides is 1. The number of hydrogen-bond donors (Lipinski definition) is 0. The number of pyridine rings is 1. The first-order valence-corrected chi connectivity index (χ1v) is 11.4. The second-order valence-corrected chi connectivity index (χ2v) is 9.65. The third-order valence-corrected chi connectivity index (χ3v) is 7.75. The fraction of sp³-hybridized carbons (Fsp3) is 0.545. The molecule has 1 aliphatic heterocycles. The van der Waals surface area contributed by atoms with Crippen molar-refractivity contribution in [2.45, 2.75) is 52.5 Å². The molecule has 1 saturated carbocycles. The van der Waals surface area contributed by atoms with Crippen LogP contribution >= 0.6 is 11.3 Å². The first-order chi connectivity index (χ1) is 14.0. The van der Waals surface area contributed by atoms with Gasteiger partial charge in [0.25, 0.3) is 5.56 Å². The van der Waals surface area contributed by atoms with E-state index in [1.54, 1.807) is 0 Å². The molecule has 3 aromatic rings. The van der Waals surface area contributed by atoms with Crippen LogP contribution in [0.1, 0.15) is 43.4 Å². The van der Waals surface area contributed by atoms with Crippen LogP contribution in [-0.2, 0) is 11.3 Å². The average Bonchev–Trinajstić information content (AvgIpc) is 3.09. The molecule has 1 amide bonds. The molecule has 152 valence electrons. The molecule has 4 heterocycles. The number of aryl methyl sites for hydroxylation is 2. The highest BCUT2D eigenvalue weighted by Crippen LogP contribution is 2.36. The van der Waals surface area contributed by atoms with Gasteiger partial charge in [0, 0.05) is 24.2 Å². The minimum atomic E-state index is -0.143. The van der Waals surface area contributed by atoms with E-state index in [1.807, 2.05) is 24.8 Å². The van der Waals surface area contributed by atoms with E-state index in [4.69, 9.17) is 0 Å². The van der Waals surface area contributed by atoms with Gasteiger partial charge in [-0.15, -0.1) is 11.3 Å². The quantitative estimate of drug-likeness (QED) is 0.647. The first-order valence-electron chi connectivity index (χ1n) is 10.5. The van der Waals surface area contributed by atoms with Gasteiger partial charge in [-0.25, -0.2) is 9.97 Å². The average molecular weight is 411 g/mol. The van der Waals surface area contributed by atoms with E-state index >= 15 is 0 Å². The Kier molecular flexibility index (Phi) is 4.65. The Balaban J connectivity index is 1.42. The monoisotopic (exact) mass is 410 g/mol. The van der Waals surface area contributed by atoms with E-state index < -0.39 is 0 Å². The molecular formula is C22H26N4O2S. The number of likely N-dealkylation sites (tertiary alicyclic amines) is 1. The Morgan fingerprint density at radius 2 is 2.00 bits per heavy atom. The largest absolute Gasteiger partial charge is 0.341 e. The Hall–Kier alpha value is -2.28. The number of carbonyl (C=O) groups is 1. The molecule has 2 atom stereocenters. The molecule has 0 aromatic carbocycles. The van der Waals surface area contributed by atoms with Crippen molar-refractivity contribution >= 4 is 37.7 Å². The van der Waals surface area contributed by atoms with Crippen LogP contribution in [-0.4, -0.2) is 38.4 Å². The summed E-state index contributed by atoms with van der Waals surface area (Å²) < 4.78 is 2.05. The highest BCUT2D eigenvalue weighted by atomic mass is 32.1. The summed E-state index contributed by atoms with van der Waals surface area (Å²) in [6, 6.07) is 2.01. The van der Waals surface area contributed by atoms with Crippen molar-refractivity contribution in [1.82, 2.24) is 19.4 Å². The van der Waals surface area contributed by atoms with E-state index in [0.29, 0.717) is 16.1 Å². The van der Waals surface area contributed by atoms with E-state index in [2.05, 4.69) is 9.97 Å². The van der Waals surface area contributed by atoms with Crippen LogP contribution in [0.25, 0.3) is 20.4 Å². The summed E-state index contributed by atoms with van der Waals surface area (Å²) in [7, 11) is 0. The number of aromatic nitrogens is 3. The van der Waals surface area contributed by atoms with Gasteiger partial charge in [-0.05, 0) is 50.2 Å². The Morgan fingerprint density at radius 3 is 2.83 bits per heavy atom. The van der Waals surface area contributed by atoms with E-state index in [9.17, 15) is 9.59 Å². The SMILES string of the molecule is Cc1cc(C)c2c(n1)sc1c(=O)n(CC(=O)N3CC[C@@H]4CCCC[C@@H]4C3)cnc12. The summed E-state index contributed by atoms with van der Waals surface area (Å²) in [4.78, 5) is 37.9. The number of fused-ring (bicyclic) bond motifs is 4. The topological polar surface area (TPSA) is 68.1 Å². The zero-order chi connectivity index (χ0) is 20.1. The van der Waals surface area contributed by atoms with Gasteiger partial charge in [-0.2, -0.15) is 0 Å². The minimum Gasteiger partial charge on any atom is -0.341 e. The predicted molar refractivity (Wildman–Crippen MR) is 115 cm³/mol. The van der Waals surface area contributed by atoms with E-state index in [1.165, 1.54) is 47.9 Å². The van der Waals surface area contributed by atoms with Crippen molar-refractivity contribution < 1.29 is 4.79 Å². The van der Waals surface area contributed by atoms with Gasteiger partial charge < -0.3 is 4.90 Å². The summed E-state index contributed by atoms with van der Waals surface area (Å²) in [5, 5.41) is 0.950. The molecule has 0 N–H and O–H groups in total. The number of piperidine rings is 1. The second-order valence-electron chi connectivity index (χ2n) is 8.65. The Labute approximate surface area is 173 Å². The molecule has 1 saturated heterocycles. The van der Waals surface area contributed by atoms with Crippen LogP contribution in [0.2, 0.25) is 0 Å². The fourth-order valence-corrected chi connectivity index (χ4v) is 6.39. The van der Waals surface area contributed by atoms with Crippen LogP contribution in [0.3, 0.4) is 0 Å². The molecule has 0 radical (unpaired) electrons. The molecule has 2 fully saturated rings. The zero-order valence-corrected chi connectivity index (χ0v) is 17.8. The molecule has 29 heavy (non-hydrogen) atoms. The molecule has 0 spiro atoms. The minimum absolute atomic E-state index is 0.0311. The van der Waals surface area contributed by atoms with Crippen molar-refractivity contribution in [3.63, 3.8) is 0 Å². The van der Waals surface area contributed by atoms with Crippen LogP contribution < -0.4 is 5.56 Å². The van der Waals surface area contributed by atoms with Gasteiger partial charge in [0.15, 0.2) is 0 Å². The summed E-state index contributed by atoms with van der Waals surface area (Å²) in [6.07, 6.45) is 7.78. The summed E-state index contributed by atoms with van der Waals surface area (Å²) >= 11 is 1.38. The number of thiophene rings is 1. The maximum Gasteiger partial charge on any atom is 0.271 e. The maximum absolute atomic E-state index is 13.1. The lowest BCUT2D eigenvalue weighted by Gasteiger charge is -2.41. The van der Waals surface area contributed by atoms with Crippen LogP contribution in [0.15, 0.2) is 17.2 Å². The number of hydrogen-bond acceptors (Lipinski definition) is 5.